The van der Waals surface area contributed by atoms with Crippen LogP contribution in [0.1, 0.15) is 45.7 Å². The van der Waals surface area contributed by atoms with Crippen molar-refractivity contribution in [2.45, 2.75) is 45.8 Å². The molecule has 1 atom stereocenters. The van der Waals surface area contributed by atoms with Crippen LogP contribution in [0.5, 0.6) is 11.5 Å². The van der Waals surface area contributed by atoms with Crippen LogP contribution in [0.4, 0.5) is 0 Å². The average Bonchev–Trinajstić information content (AvgIpc) is 2.24. The third-order valence-electron chi connectivity index (χ3n) is 3.07. The fourth-order valence-corrected chi connectivity index (χ4v) is 2.24. The van der Waals surface area contributed by atoms with Gasteiger partial charge in [0, 0.05) is 24.1 Å². The summed E-state index contributed by atoms with van der Waals surface area (Å²) in [4.78, 5) is 0. The van der Waals surface area contributed by atoms with E-state index in [0.717, 1.165) is 23.5 Å². The molecule has 0 radical (unpaired) electrons. The Bertz CT molecular complexity index is 427. The topological polar surface area (TPSA) is 44.5 Å². The molecule has 1 aromatic rings. The molecule has 1 aliphatic rings. The lowest BCUT2D eigenvalue weighted by Gasteiger charge is -2.36. The van der Waals surface area contributed by atoms with E-state index in [4.69, 9.17) is 15.2 Å². The van der Waals surface area contributed by atoms with Gasteiger partial charge in [-0.15, -0.1) is 0 Å². The second-order valence-corrected chi connectivity index (χ2v) is 6.08. The van der Waals surface area contributed by atoms with Crippen LogP contribution in [-0.2, 0) is 0 Å². The fraction of sp³-hybridized carbons (Fsp3) is 0.600. The molecule has 0 fully saturated rings. The van der Waals surface area contributed by atoms with Crippen LogP contribution in [0.15, 0.2) is 18.2 Å². The van der Waals surface area contributed by atoms with E-state index in [0.29, 0.717) is 12.5 Å². The van der Waals surface area contributed by atoms with Gasteiger partial charge in [0.2, 0.25) is 0 Å². The van der Waals surface area contributed by atoms with Gasteiger partial charge in [0.25, 0.3) is 0 Å². The molecule has 1 aromatic carbocycles. The van der Waals surface area contributed by atoms with Gasteiger partial charge in [-0.3, -0.25) is 0 Å². The molecule has 18 heavy (non-hydrogen) atoms. The molecule has 0 aliphatic carbocycles. The number of hydrogen-bond acceptors (Lipinski definition) is 3. The first-order valence-electron chi connectivity index (χ1n) is 6.59. The van der Waals surface area contributed by atoms with Crippen LogP contribution in [0.3, 0.4) is 0 Å². The van der Waals surface area contributed by atoms with Gasteiger partial charge in [-0.05, 0) is 25.8 Å². The van der Waals surface area contributed by atoms with Crippen LogP contribution >= 0.6 is 0 Å². The summed E-state index contributed by atoms with van der Waals surface area (Å²) in [6, 6.07) is 5.99. The third kappa shape index (κ3) is 2.96. The maximum atomic E-state index is 6.17. The predicted molar refractivity (Wildman–Crippen MR) is 73.0 cm³/mol. The minimum atomic E-state index is -0.205. The monoisotopic (exact) mass is 249 g/mol. The zero-order chi connectivity index (χ0) is 13.3. The molecule has 0 amide bonds. The Kier molecular flexibility index (Phi) is 3.53. The molecule has 3 nitrogen and oxygen atoms in total. The highest BCUT2D eigenvalue weighted by Gasteiger charge is 2.31. The maximum Gasteiger partial charge on any atom is 0.128 e. The summed E-state index contributed by atoms with van der Waals surface area (Å²) in [7, 11) is 0. The van der Waals surface area contributed by atoms with Crippen LogP contribution in [0.25, 0.3) is 0 Å². The Labute approximate surface area is 109 Å². The molecule has 0 aromatic heterocycles. The number of ether oxygens (including phenoxy) is 2. The number of rotatable bonds is 3. The lowest BCUT2D eigenvalue weighted by Crippen LogP contribution is -2.37. The smallest absolute Gasteiger partial charge is 0.128 e. The van der Waals surface area contributed by atoms with Crippen LogP contribution in [-0.4, -0.2) is 12.2 Å². The van der Waals surface area contributed by atoms with E-state index in [9.17, 15) is 0 Å². The summed E-state index contributed by atoms with van der Waals surface area (Å²) in [5.41, 5.74) is 7.04. The number of hydrogen-bond donors (Lipinski definition) is 1. The summed E-state index contributed by atoms with van der Waals surface area (Å²) in [6.45, 7) is 9.12. The summed E-state index contributed by atoms with van der Waals surface area (Å²) in [6.07, 6.45) is 0.839. The lowest BCUT2D eigenvalue weighted by molar-refractivity contribution is 0.0724. The molecule has 2 rings (SSSR count). The highest BCUT2D eigenvalue weighted by atomic mass is 16.5. The Hall–Kier alpha value is -1.22. The third-order valence-corrected chi connectivity index (χ3v) is 3.07. The van der Waals surface area contributed by atoms with Gasteiger partial charge in [-0.1, -0.05) is 19.9 Å². The normalized spacial score (nSPS) is 21.3. The molecular weight excluding hydrogens is 226 g/mol. The van der Waals surface area contributed by atoms with Crippen molar-refractivity contribution in [1.29, 1.82) is 0 Å². The van der Waals surface area contributed by atoms with Crippen molar-refractivity contribution in [2.24, 2.45) is 11.7 Å². The molecule has 1 unspecified atom stereocenters. The largest absolute Gasteiger partial charge is 0.493 e. The highest BCUT2D eigenvalue weighted by molar-refractivity contribution is 5.44. The predicted octanol–water partition coefficient (Wildman–Crippen LogP) is 3.28. The number of nitrogens with two attached hydrogens (primary N) is 1. The molecule has 0 saturated carbocycles. The van der Waals surface area contributed by atoms with Gasteiger partial charge in [0.15, 0.2) is 0 Å². The molecule has 0 spiro atoms. The van der Waals surface area contributed by atoms with E-state index in [1.165, 1.54) is 0 Å². The van der Waals surface area contributed by atoms with Crippen LogP contribution in [0, 0.1) is 5.92 Å². The van der Waals surface area contributed by atoms with Crippen molar-refractivity contribution in [3.05, 3.63) is 23.8 Å². The van der Waals surface area contributed by atoms with Gasteiger partial charge in [-0.25, -0.2) is 0 Å². The quantitative estimate of drug-likeness (QED) is 0.894. The molecule has 1 heterocycles. The van der Waals surface area contributed by atoms with Gasteiger partial charge >= 0.3 is 0 Å². The van der Waals surface area contributed by atoms with Crippen molar-refractivity contribution < 1.29 is 9.47 Å². The average molecular weight is 249 g/mol. The fourth-order valence-electron chi connectivity index (χ4n) is 2.24. The number of benzene rings is 1. The van der Waals surface area contributed by atoms with Crippen molar-refractivity contribution >= 4 is 0 Å². The number of fused-ring (bicyclic) bond motifs is 1. The Morgan fingerprint density at radius 1 is 1.44 bits per heavy atom. The Morgan fingerprint density at radius 3 is 2.83 bits per heavy atom. The zero-order valence-electron chi connectivity index (χ0n) is 11.7. The minimum Gasteiger partial charge on any atom is -0.493 e. The van der Waals surface area contributed by atoms with Crippen molar-refractivity contribution in [3.8, 4) is 11.5 Å². The molecule has 3 heteroatoms. The Balaban J connectivity index is 2.20. The van der Waals surface area contributed by atoms with E-state index in [1.54, 1.807) is 0 Å². The molecule has 2 N–H and O–H groups in total. The Morgan fingerprint density at radius 2 is 2.17 bits per heavy atom. The van der Waals surface area contributed by atoms with E-state index in [1.807, 2.05) is 18.2 Å². The second kappa shape index (κ2) is 4.81. The second-order valence-electron chi connectivity index (χ2n) is 6.08. The van der Waals surface area contributed by atoms with Crippen LogP contribution in [0.2, 0.25) is 0 Å². The molecule has 1 aliphatic heterocycles. The maximum absolute atomic E-state index is 6.17. The molecular formula is C15H23NO2. The molecule has 0 saturated heterocycles. The first kappa shape index (κ1) is 13.2. The summed E-state index contributed by atoms with van der Waals surface area (Å²) in [5.74, 6) is 2.23. The molecule has 0 bridgehead atoms. The van der Waals surface area contributed by atoms with E-state index in [2.05, 4.69) is 27.7 Å². The van der Waals surface area contributed by atoms with E-state index >= 15 is 0 Å². The van der Waals surface area contributed by atoms with Gasteiger partial charge in [0.05, 0.1) is 6.61 Å². The van der Waals surface area contributed by atoms with E-state index in [-0.39, 0.29) is 11.6 Å². The van der Waals surface area contributed by atoms with Crippen molar-refractivity contribution in [2.75, 3.05) is 6.61 Å². The first-order valence-corrected chi connectivity index (χ1v) is 6.59. The van der Waals surface area contributed by atoms with Crippen molar-refractivity contribution in [1.82, 2.24) is 0 Å². The summed E-state index contributed by atoms with van der Waals surface area (Å²) >= 11 is 0. The first-order chi connectivity index (χ1) is 8.37. The van der Waals surface area contributed by atoms with E-state index < -0.39 is 0 Å². The summed E-state index contributed by atoms with van der Waals surface area (Å²) < 4.78 is 11.7. The van der Waals surface area contributed by atoms with Gasteiger partial charge in [-0.2, -0.15) is 0 Å². The van der Waals surface area contributed by atoms with Crippen molar-refractivity contribution in [3.63, 3.8) is 0 Å². The highest BCUT2D eigenvalue weighted by Crippen LogP contribution is 2.39. The zero-order valence-corrected chi connectivity index (χ0v) is 11.7. The standard InChI is InChI=1S/C15H23NO2/c1-10(2)9-17-11-5-6-12-13(16)8-15(3,4)18-14(12)7-11/h5-7,10,13H,8-9,16H2,1-4H3. The van der Waals surface area contributed by atoms with Gasteiger partial charge in [0.1, 0.15) is 17.1 Å². The lowest BCUT2D eigenvalue weighted by atomic mass is 9.90. The van der Waals surface area contributed by atoms with Crippen LogP contribution < -0.4 is 15.2 Å². The molecule has 100 valence electrons. The SMILES string of the molecule is CC(C)COc1ccc2c(c1)OC(C)(C)CC2N. The van der Waals surface area contributed by atoms with Gasteiger partial charge < -0.3 is 15.2 Å². The minimum absolute atomic E-state index is 0.0444. The summed E-state index contributed by atoms with van der Waals surface area (Å²) in [5, 5.41) is 0.